The summed E-state index contributed by atoms with van der Waals surface area (Å²) in [5.74, 6) is 0.542. The Kier molecular flexibility index (Phi) is 2.77. The van der Waals surface area contributed by atoms with Crippen LogP contribution in [0.2, 0.25) is 0 Å². The second-order valence-corrected chi connectivity index (χ2v) is 5.49. The Morgan fingerprint density at radius 3 is 2.86 bits per heavy atom. The van der Waals surface area contributed by atoms with Gasteiger partial charge in [-0.1, -0.05) is 30.3 Å². The molecule has 0 amide bonds. The van der Waals surface area contributed by atoms with Gasteiger partial charge in [-0.15, -0.1) is 0 Å². The maximum Gasteiger partial charge on any atom is 0.265 e. The maximum absolute atomic E-state index is 11.9. The molecular formula is C16H16N4O. The molecule has 4 rings (SSSR count). The first-order valence-corrected chi connectivity index (χ1v) is 7.20. The van der Waals surface area contributed by atoms with E-state index in [1.165, 1.54) is 18.4 Å². The molecule has 2 aromatic heterocycles. The lowest BCUT2D eigenvalue weighted by Crippen LogP contribution is -2.14. The minimum Gasteiger partial charge on any atom is -0.378 e. The van der Waals surface area contributed by atoms with Crippen LogP contribution in [0.25, 0.3) is 5.65 Å². The number of aromatic nitrogens is 3. The summed E-state index contributed by atoms with van der Waals surface area (Å²) in [6.07, 6.45) is 4.23. The van der Waals surface area contributed by atoms with E-state index in [-0.39, 0.29) is 5.56 Å². The van der Waals surface area contributed by atoms with Gasteiger partial charge in [0, 0.05) is 18.5 Å². The lowest BCUT2D eigenvalue weighted by Gasteiger charge is -2.08. The summed E-state index contributed by atoms with van der Waals surface area (Å²) in [6.45, 7) is 0.672. The predicted octanol–water partition coefficient (Wildman–Crippen LogP) is 2.51. The van der Waals surface area contributed by atoms with Crippen LogP contribution in [0.3, 0.4) is 0 Å². The third-order valence-corrected chi connectivity index (χ3v) is 3.85. The van der Waals surface area contributed by atoms with E-state index in [2.05, 4.69) is 27.5 Å². The normalized spacial score (nSPS) is 14.5. The van der Waals surface area contributed by atoms with E-state index in [1.807, 2.05) is 28.9 Å². The SMILES string of the molecule is O=c1cc(NCc2ccccc2)c2ncc(C3CC3)n2[nH]1. The van der Waals surface area contributed by atoms with Gasteiger partial charge >= 0.3 is 0 Å². The molecule has 2 N–H and O–H groups in total. The molecule has 5 heteroatoms. The van der Waals surface area contributed by atoms with Crippen molar-refractivity contribution in [2.45, 2.75) is 25.3 Å². The number of hydrogen-bond acceptors (Lipinski definition) is 3. The number of imidazole rings is 1. The molecule has 1 aliphatic carbocycles. The van der Waals surface area contributed by atoms with Gasteiger partial charge in [0.2, 0.25) is 0 Å². The van der Waals surface area contributed by atoms with E-state index in [9.17, 15) is 4.79 Å². The summed E-state index contributed by atoms with van der Waals surface area (Å²) in [5, 5.41) is 6.17. The molecule has 5 nitrogen and oxygen atoms in total. The van der Waals surface area contributed by atoms with Crippen LogP contribution in [0, 0.1) is 0 Å². The van der Waals surface area contributed by atoms with Crippen molar-refractivity contribution < 1.29 is 0 Å². The summed E-state index contributed by atoms with van der Waals surface area (Å²) < 4.78 is 1.83. The molecule has 1 aliphatic rings. The molecule has 1 fully saturated rings. The molecule has 0 unspecified atom stereocenters. The average molecular weight is 280 g/mol. The maximum atomic E-state index is 11.9. The van der Waals surface area contributed by atoms with Crippen molar-refractivity contribution in [3.63, 3.8) is 0 Å². The lowest BCUT2D eigenvalue weighted by atomic mass is 10.2. The number of nitrogens with one attached hydrogen (secondary N) is 2. The molecule has 0 bridgehead atoms. The minimum atomic E-state index is -0.113. The van der Waals surface area contributed by atoms with Gasteiger partial charge in [0.25, 0.3) is 5.56 Å². The highest BCUT2D eigenvalue weighted by molar-refractivity contribution is 5.67. The molecule has 1 aromatic carbocycles. The summed E-state index contributed by atoms with van der Waals surface area (Å²) >= 11 is 0. The van der Waals surface area contributed by atoms with Crippen molar-refractivity contribution in [3.8, 4) is 0 Å². The van der Waals surface area contributed by atoms with Crippen molar-refractivity contribution in [3.05, 3.63) is 64.2 Å². The highest BCUT2D eigenvalue weighted by Gasteiger charge is 2.27. The van der Waals surface area contributed by atoms with Gasteiger partial charge in [-0.2, -0.15) is 0 Å². The van der Waals surface area contributed by atoms with Gasteiger partial charge < -0.3 is 5.32 Å². The van der Waals surface area contributed by atoms with Gasteiger partial charge in [0.1, 0.15) is 0 Å². The summed E-state index contributed by atoms with van der Waals surface area (Å²) in [6, 6.07) is 11.7. The predicted molar refractivity (Wildman–Crippen MR) is 81.6 cm³/mol. The van der Waals surface area contributed by atoms with Crippen LogP contribution in [-0.2, 0) is 6.54 Å². The molecule has 0 spiro atoms. The number of H-pyrrole nitrogens is 1. The lowest BCUT2D eigenvalue weighted by molar-refractivity contribution is 0.832. The Bertz CT molecular complexity index is 830. The highest BCUT2D eigenvalue weighted by Crippen LogP contribution is 2.40. The first kappa shape index (κ1) is 12.2. The van der Waals surface area contributed by atoms with Crippen molar-refractivity contribution in [1.82, 2.24) is 14.6 Å². The number of hydrogen-bond donors (Lipinski definition) is 2. The van der Waals surface area contributed by atoms with Crippen LogP contribution >= 0.6 is 0 Å². The van der Waals surface area contributed by atoms with Crippen LogP contribution in [0.1, 0.15) is 30.0 Å². The zero-order valence-corrected chi connectivity index (χ0v) is 11.5. The first-order valence-electron chi connectivity index (χ1n) is 7.20. The van der Waals surface area contributed by atoms with Crippen LogP contribution in [0.15, 0.2) is 47.4 Å². The number of aromatic amines is 1. The van der Waals surface area contributed by atoms with Crippen molar-refractivity contribution in [2.75, 3.05) is 5.32 Å². The fourth-order valence-corrected chi connectivity index (χ4v) is 2.60. The first-order chi connectivity index (χ1) is 10.3. The summed E-state index contributed by atoms with van der Waals surface area (Å²) in [7, 11) is 0. The molecule has 2 heterocycles. The van der Waals surface area contributed by atoms with E-state index >= 15 is 0 Å². The molecule has 106 valence electrons. The van der Waals surface area contributed by atoms with E-state index < -0.39 is 0 Å². The van der Waals surface area contributed by atoms with Gasteiger partial charge in [-0.05, 0) is 18.4 Å². The number of nitrogens with zero attached hydrogens (tertiary/aromatic N) is 2. The number of anilines is 1. The Labute approximate surface area is 121 Å². The van der Waals surface area contributed by atoms with Crippen molar-refractivity contribution in [1.29, 1.82) is 0 Å². The number of fused-ring (bicyclic) bond motifs is 1. The Hall–Kier alpha value is -2.56. The third-order valence-electron chi connectivity index (χ3n) is 3.85. The van der Waals surface area contributed by atoms with E-state index in [0.29, 0.717) is 12.5 Å². The number of rotatable bonds is 4. The zero-order chi connectivity index (χ0) is 14.2. The molecule has 21 heavy (non-hydrogen) atoms. The van der Waals surface area contributed by atoms with E-state index in [4.69, 9.17) is 0 Å². The molecule has 0 radical (unpaired) electrons. The van der Waals surface area contributed by atoms with Crippen LogP contribution in [0.5, 0.6) is 0 Å². The Morgan fingerprint density at radius 1 is 1.29 bits per heavy atom. The molecule has 0 aliphatic heterocycles. The van der Waals surface area contributed by atoms with Crippen LogP contribution < -0.4 is 10.9 Å². The second kappa shape index (κ2) is 4.77. The van der Waals surface area contributed by atoms with Crippen LogP contribution in [0.4, 0.5) is 5.69 Å². The second-order valence-electron chi connectivity index (χ2n) is 5.49. The standard InChI is InChI=1S/C16H16N4O/c21-15-8-13(17-9-11-4-2-1-3-5-11)16-18-10-14(12-6-7-12)20(16)19-15/h1-5,8,10,12,17H,6-7,9H2,(H,19,21). The van der Waals surface area contributed by atoms with Gasteiger partial charge in [0.15, 0.2) is 5.65 Å². The monoisotopic (exact) mass is 280 g/mol. The molecule has 3 aromatic rings. The van der Waals surface area contributed by atoms with Gasteiger partial charge in [0.05, 0.1) is 17.6 Å². The van der Waals surface area contributed by atoms with E-state index in [0.717, 1.165) is 17.0 Å². The largest absolute Gasteiger partial charge is 0.378 e. The summed E-state index contributed by atoms with van der Waals surface area (Å²) in [4.78, 5) is 16.3. The van der Waals surface area contributed by atoms with Gasteiger partial charge in [-0.3, -0.25) is 9.89 Å². The Morgan fingerprint density at radius 2 is 2.10 bits per heavy atom. The molecule has 0 atom stereocenters. The fraction of sp³-hybridized carbons (Fsp3) is 0.250. The van der Waals surface area contributed by atoms with Crippen LogP contribution in [-0.4, -0.2) is 14.6 Å². The summed E-state index contributed by atoms with van der Waals surface area (Å²) in [5.41, 5.74) is 3.72. The highest BCUT2D eigenvalue weighted by atomic mass is 16.1. The van der Waals surface area contributed by atoms with E-state index in [1.54, 1.807) is 6.07 Å². The minimum absolute atomic E-state index is 0.113. The third kappa shape index (κ3) is 2.31. The molecular weight excluding hydrogens is 264 g/mol. The van der Waals surface area contributed by atoms with Gasteiger partial charge in [-0.25, -0.2) is 9.50 Å². The molecule has 1 saturated carbocycles. The smallest absolute Gasteiger partial charge is 0.265 e. The topological polar surface area (TPSA) is 62.2 Å². The zero-order valence-electron chi connectivity index (χ0n) is 11.5. The quantitative estimate of drug-likeness (QED) is 0.772. The Balaban J connectivity index is 1.69. The van der Waals surface area contributed by atoms with Crippen molar-refractivity contribution in [2.24, 2.45) is 0 Å². The molecule has 0 saturated heterocycles. The average Bonchev–Trinajstić information content (AvgIpc) is 3.26. The van der Waals surface area contributed by atoms with Crippen molar-refractivity contribution >= 4 is 11.3 Å². The fourth-order valence-electron chi connectivity index (χ4n) is 2.60. The number of benzene rings is 1.